The number of halogens is 2. The summed E-state index contributed by atoms with van der Waals surface area (Å²) in [6.07, 6.45) is 1.45. The summed E-state index contributed by atoms with van der Waals surface area (Å²) in [6, 6.07) is 6.31. The molecule has 0 amide bonds. The van der Waals surface area contributed by atoms with E-state index < -0.39 is 0 Å². The fourth-order valence-electron chi connectivity index (χ4n) is 2.68. The third kappa shape index (κ3) is 3.91. The van der Waals surface area contributed by atoms with Gasteiger partial charge in [0.1, 0.15) is 12.0 Å². The summed E-state index contributed by atoms with van der Waals surface area (Å²) in [5, 5.41) is 6.78. The summed E-state index contributed by atoms with van der Waals surface area (Å²) in [5.41, 5.74) is 3.09. The standard InChI is InChI=1S/C16H19BrClN5O/c1-19-14-15(18)21-10-22-16(14)20-9-11-2-3-12(17)8-13(11)23-4-6-24-7-5-23/h2-3,8,10,19H,4-7,9H2,1H3,(H,20,21,22). The van der Waals surface area contributed by atoms with Crippen LogP contribution in [-0.2, 0) is 11.3 Å². The van der Waals surface area contributed by atoms with E-state index in [1.165, 1.54) is 17.6 Å². The average molecular weight is 413 g/mol. The minimum Gasteiger partial charge on any atom is -0.383 e. The van der Waals surface area contributed by atoms with Gasteiger partial charge < -0.3 is 20.3 Å². The number of nitrogens with zero attached hydrogens (tertiary/aromatic N) is 3. The van der Waals surface area contributed by atoms with Gasteiger partial charge in [-0.1, -0.05) is 33.6 Å². The topological polar surface area (TPSA) is 62.3 Å². The fourth-order valence-corrected chi connectivity index (χ4v) is 3.26. The predicted octanol–water partition coefficient (Wildman–Crippen LogP) is 3.38. The molecule has 2 N–H and O–H groups in total. The lowest BCUT2D eigenvalue weighted by Gasteiger charge is -2.31. The Bertz CT molecular complexity index is 709. The van der Waals surface area contributed by atoms with Crippen molar-refractivity contribution >= 4 is 44.7 Å². The maximum Gasteiger partial charge on any atom is 0.157 e. The van der Waals surface area contributed by atoms with Gasteiger partial charge >= 0.3 is 0 Å². The molecule has 1 fully saturated rings. The highest BCUT2D eigenvalue weighted by molar-refractivity contribution is 9.10. The number of ether oxygens (including phenoxy) is 1. The summed E-state index contributed by atoms with van der Waals surface area (Å²) >= 11 is 9.67. The lowest BCUT2D eigenvalue weighted by atomic mass is 10.1. The van der Waals surface area contributed by atoms with E-state index in [0.717, 1.165) is 30.8 Å². The van der Waals surface area contributed by atoms with Crippen LogP contribution >= 0.6 is 27.5 Å². The van der Waals surface area contributed by atoms with Gasteiger partial charge in [-0.3, -0.25) is 0 Å². The smallest absolute Gasteiger partial charge is 0.157 e. The first-order valence-corrected chi connectivity index (χ1v) is 8.89. The van der Waals surface area contributed by atoms with E-state index in [2.05, 4.69) is 53.6 Å². The highest BCUT2D eigenvalue weighted by atomic mass is 79.9. The first kappa shape index (κ1) is 17.3. The van der Waals surface area contributed by atoms with Crippen LogP contribution in [0.4, 0.5) is 17.2 Å². The molecule has 2 aromatic rings. The SMILES string of the molecule is CNc1c(Cl)ncnc1NCc1ccc(Br)cc1N1CCOCC1. The molecule has 128 valence electrons. The summed E-state index contributed by atoms with van der Waals surface area (Å²) in [5.74, 6) is 0.688. The molecular formula is C16H19BrClN5O. The van der Waals surface area contributed by atoms with Crippen molar-refractivity contribution in [3.8, 4) is 0 Å². The first-order chi connectivity index (χ1) is 11.7. The molecule has 0 spiro atoms. The second kappa shape index (κ2) is 8.00. The third-order valence-corrected chi connectivity index (χ3v) is 4.68. The molecule has 0 atom stereocenters. The molecule has 1 aromatic carbocycles. The second-order valence-electron chi connectivity index (χ2n) is 5.36. The molecule has 24 heavy (non-hydrogen) atoms. The fraction of sp³-hybridized carbons (Fsp3) is 0.375. The number of anilines is 3. The van der Waals surface area contributed by atoms with Gasteiger partial charge in [0.15, 0.2) is 11.0 Å². The highest BCUT2D eigenvalue weighted by Gasteiger charge is 2.16. The van der Waals surface area contributed by atoms with Crippen LogP contribution in [-0.4, -0.2) is 43.3 Å². The van der Waals surface area contributed by atoms with Gasteiger partial charge in [0, 0.05) is 36.8 Å². The number of hydrogen-bond acceptors (Lipinski definition) is 6. The normalized spacial score (nSPS) is 14.5. The van der Waals surface area contributed by atoms with Crippen molar-refractivity contribution in [2.45, 2.75) is 6.54 Å². The maximum absolute atomic E-state index is 6.10. The molecule has 0 bridgehead atoms. The largest absolute Gasteiger partial charge is 0.383 e. The number of hydrogen-bond donors (Lipinski definition) is 2. The quantitative estimate of drug-likeness (QED) is 0.734. The van der Waals surface area contributed by atoms with Crippen molar-refractivity contribution in [2.75, 3.05) is 48.9 Å². The lowest BCUT2D eigenvalue weighted by Crippen LogP contribution is -2.36. The van der Waals surface area contributed by atoms with Crippen molar-refractivity contribution < 1.29 is 4.74 Å². The van der Waals surface area contributed by atoms with E-state index >= 15 is 0 Å². The highest BCUT2D eigenvalue weighted by Crippen LogP contribution is 2.29. The first-order valence-electron chi connectivity index (χ1n) is 7.72. The van der Waals surface area contributed by atoms with Crippen molar-refractivity contribution in [2.24, 2.45) is 0 Å². The van der Waals surface area contributed by atoms with E-state index in [4.69, 9.17) is 16.3 Å². The van der Waals surface area contributed by atoms with Gasteiger partial charge in [0.25, 0.3) is 0 Å². The number of morpholine rings is 1. The Morgan fingerprint density at radius 1 is 1.29 bits per heavy atom. The van der Waals surface area contributed by atoms with E-state index in [1.807, 2.05) is 6.07 Å². The zero-order valence-corrected chi connectivity index (χ0v) is 15.7. The molecule has 6 nitrogen and oxygen atoms in total. The Kier molecular flexibility index (Phi) is 5.76. The van der Waals surface area contributed by atoms with Crippen LogP contribution in [0.2, 0.25) is 5.15 Å². The zero-order chi connectivity index (χ0) is 16.9. The Morgan fingerprint density at radius 3 is 2.83 bits per heavy atom. The van der Waals surface area contributed by atoms with Gasteiger partial charge in [-0.15, -0.1) is 0 Å². The molecule has 0 unspecified atom stereocenters. The molecule has 1 aliphatic rings. The van der Waals surface area contributed by atoms with Crippen LogP contribution in [0.25, 0.3) is 0 Å². The van der Waals surface area contributed by atoms with E-state index in [1.54, 1.807) is 7.05 Å². The minimum atomic E-state index is 0.402. The molecule has 2 heterocycles. The maximum atomic E-state index is 6.10. The minimum absolute atomic E-state index is 0.402. The Labute approximate surface area is 154 Å². The Balaban J connectivity index is 1.81. The Morgan fingerprint density at radius 2 is 2.08 bits per heavy atom. The van der Waals surface area contributed by atoms with Crippen LogP contribution < -0.4 is 15.5 Å². The molecule has 3 rings (SSSR count). The average Bonchev–Trinajstić information content (AvgIpc) is 2.61. The van der Waals surface area contributed by atoms with Gasteiger partial charge in [0.05, 0.1) is 13.2 Å². The van der Waals surface area contributed by atoms with Crippen molar-refractivity contribution in [1.82, 2.24) is 9.97 Å². The summed E-state index contributed by atoms with van der Waals surface area (Å²) in [7, 11) is 1.80. The van der Waals surface area contributed by atoms with Crippen LogP contribution in [0.3, 0.4) is 0 Å². The van der Waals surface area contributed by atoms with Gasteiger partial charge in [-0.05, 0) is 17.7 Å². The summed E-state index contributed by atoms with van der Waals surface area (Å²) < 4.78 is 6.52. The molecule has 0 saturated carbocycles. The van der Waals surface area contributed by atoms with Gasteiger partial charge in [-0.2, -0.15) is 0 Å². The third-order valence-electron chi connectivity index (χ3n) is 3.90. The predicted molar refractivity (Wildman–Crippen MR) is 101 cm³/mol. The van der Waals surface area contributed by atoms with Crippen molar-refractivity contribution in [1.29, 1.82) is 0 Å². The molecular weight excluding hydrogens is 394 g/mol. The number of aromatic nitrogens is 2. The summed E-state index contributed by atoms with van der Waals surface area (Å²) in [6.45, 7) is 3.94. The molecule has 1 aromatic heterocycles. The zero-order valence-electron chi connectivity index (χ0n) is 13.4. The van der Waals surface area contributed by atoms with Crippen molar-refractivity contribution in [3.05, 3.63) is 39.7 Å². The van der Waals surface area contributed by atoms with E-state index in [0.29, 0.717) is 23.2 Å². The molecule has 0 aliphatic carbocycles. The molecule has 1 saturated heterocycles. The molecule has 0 radical (unpaired) electrons. The van der Waals surface area contributed by atoms with E-state index in [9.17, 15) is 0 Å². The van der Waals surface area contributed by atoms with Gasteiger partial charge in [0.2, 0.25) is 0 Å². The van der Waals surface area contributed by atoms with E-state index in [-0.39, 0.29) is 0 Å². The number of rotatable bonds is 5. The summed E-state index contributed by atoms with van der Waals surface area (Å²) in [4.78, 5) is 10.6. The van der Waals surface area contributed by atoms with Crippen molar-refractivity contribution in [3.63, 3.8) is 0 Å². The lowest BCUT2D eigenvalue weighted by molar-refractivity contribution is 0.122. The monoisotopic (exact) mass is 411 g/mol. The molecule has 8 heteroatoms. The van der Waals surface area contributed by atoms with Crippen LogP contribution in [0.1, 0.15) is 5.56 Å². The van der Waals surface area contributed by atoms with Crippen LogP contribution in [0.15, 0.2) is 29.0 Å². The van der Waals surface area contributed by atoms with Crippen LogP contribution in [0.5, 0.6) is 0 Å². The van der Waals surface area contributed by atoms with Gasteiger partial charge in [-0.25, -0.2) is 9.97 Å². The number of benzene rings is 1. The van der Waals surface area contributed by atoms with Crippen LogP contribution in [0, 0.1) is 0 Å². The number of nitrogens with one attached hydrogen (secondary N) is 2. The second-order valence-corrected chi connectivity index (χ2v) is 6.64. The molecule has 1 aliphatic heterocycles. The Hall–Kier alpha value is -1.57.